The number of halogens is 1. The Hall–Kier alpha value is -1.93. The van der Waals surface area contributed by atoms with Crippen LogP contribution in [0.15, 0.2) is 41.3 Å². The summed E-state index contributed by atoms with van der Waals surface area (Å²) in [5.41, 5.74) is 3.66. The van der Waals surface area contributed by atoms with E-state index in [0.29, 0.717) is 36.3 Å². The zero-order chi connectivity index (χ0) is 20.3. The molecular weight excluding hydrogens is 402 g/mol. The van der Waals surface area contributed by atoms with E-state index in [1.165, 1.54) is 24.3 Å². The minimum Gasteiger partial charge on any atom is -0.481 e. The third-order valence-corrected chi connectivity index (χ3v) is 6.73. The van der Waals surface area contributed by atoms with Crippen LogP contribution in [0.1, 0.15) is 35.1 Å². The summed E-state index contributed by atoms with van der Waals surface area (Å²) in [6.07, 6.45) is 2.19. The van der Waals surface area contributed by atoms with Crippen LogP contribution >= 0.6 is 11.6 Å². The van der Waals surface area contributed by atoms with Gasteiger partial charge in [-0.15, -0.1) is 0 Å². The van der Waals surface area contributed by atoms with Crippen molar-refractivity contribution >= 4 is 27.6 Å². The molecule has 28 heavy (non-hydrogen) atoms. The van der Waals surface area contributed by atoms with Gasteiger partial charge in [-0.25, -0.2) is 13.1 Å². The first-order valence-corrected chi connectivity index (χ1v) is 10.9. The van der Waals surface area contributed by atoms with E-state index >= 15 is 0 Å². The number of aliphatic hydroxyl groups excluding tert-OH is 1. The Kier molecular flexibility index (Phi) is 6.40. The standard InChI is InChI=1S/C20H22ClNO5S/c21-16-2-5-18(6-3-16)28(26,27)22-17-4-7-19-14(1-8-20(24)25)9-13(12-23)10-15(19)11-17/h2-3,5-6,9-10,17,22-23H,1,4,7-8,11-12H2,(H,24,25). The second-order valence-electron chi connectivity index (χ2n) is 6.96. The average Bonchev–Trinajstić information content (AvgIpc) is 2.65. The van der Waals surface area contributed by atoms with Gasteiger partial charge in [-0.2, -0.15) is 0 Å². The summed E-state index contributed by atoms with van der Waals surface area (Å²) in [6, 6.07) is 9.46. The zero-order valence-electron chi connectivity index (χ0n) is 15.2. The fraction of sp³-hybridized carbons (Fsp3) is 0.350. The lowest BCUT2D eigenvalue weighted by Crippen LogP contribution is -2.39. The quantitative estimate of drug-likeness (QED) is 0.635. The van der Waals surface area contributed by atoms with E-state index < -0.39 is 16.0 Å². The average molecular weight is 424 g/mol. The van der Waals surface area contributed by atoms with E-state index in [4.69, 9.17) is 16.7 Å². The molecule has 0 aromatic heterocycles. The minimum absolute atomic E-state index is 0.0218. The Morgan fingerprint density at radius 3 is 2.57 bits per heavy atom. The number of aliphatic hydroxyl groups is 1. The van der Waals surface area contributed by atoms with Crippen molar-refractivity contribution in [2.75, 3.05) is 0 Å². The molecule has 2 aromatic rings. The first-order valence-electron chi connectivity index (χ1n) is 9.02. The highest BCUT2D eigenvalue weighted by molar-refractivity contribution is 7.89. The summed E-state index contributed by atoms with van der Waals surface area (Å²) in [4.78, 5) is 11.1. The fourth-order valence-corrected chi connectivity index (χ4v) is 5.01. The van der Waals surface area contributed by atoms with Gasteiger partial charge in [0.2, 0.25) is 10.0 Å². The van der Waals surface area contributed by atoms with Gasteiger partial charge >= 0.3 is 5.97 Å². The molecule has 0 radical (unpaired) electrons. The summed E-state index contributed by atoms with van der Waals surface area (Å²) in [7, 11) is -3.66. The molecule has 2 aromatic carbocycles. The van der Waals surface area contributed by atoms with Gasteiger partial charge in [0.25, 0.3) is 0 Å². The molecule has 0 fully saturated rings. The molecule has 6 nitrogen and oxygen atoms in total. The van der Waals surface area contributed by atoms with Crippen LogP contribution in [0.3, 0.4) is 0 Å². The van der Waals surface area contributed by atoms with Crippen LogP contribution in [-0.2, 0) is 40.7 Å². The number of rotatable bonds is 7. The SMILES string of the molecule is O=C(O)CCc1cc(CO)cc2c1CCC(NS(=O)(=O)c1ccc(Cl)cc1)C2. The van der Waals surface area contributed by atoms with Crippen molar-refractivity contribution in [2.24, 2.45) is 0 Å². The molecule has 8 heteroatoms. The van der Waals surface area contributed by atoms with Crippen molar-refractivity contribution in [1.29, 1.82) is 0 Å². The number of hydrogen-bond donors (Lipinski definition) is 3. The van der Waals surface area contributed by atoms with Gasteiger partial charge in [0.15, 0.2) is 0 Å². The van der Waals surface area contributed by atoms with Crippen molar-refractivity contribution in [2.45, 2.75) is 49.6 Å². The lowest BCUT2D eigenvalue weighted by atomic mass is 9.83. The maximum atomic E-state index is 12.6. The number of carboxylic acids is 1. The molecule has 0 bridgehead atoms. The maximum absolute atomic E-state index is 12.6. The number of carboxylic acid groups (broad SMARTS) is 1. The molecule has 0 saturated heterocycles. The second kappa shape index (κ2) is 8.61. The van der Waals surface area contributed by atoms with E-state index in [2.05, 4.69) is 4.72 Å². The van der Waals surface area contributed by atoms with Gasteiger partial charge in [-0.1, -0.05) is 23.7 Å². The van der Waals surface area contributed by atoms with Gasteiger partial charge in [0, 0.05) is 17.5 Å². The Balaban J connectivity index is 1.80. The summed E-state index contributed by atoms with van der Waals surface area (Å²) < 4.78 is 28.0. The highest BCUT2D eigenvalue weighted by atomic mass is 35.5. The van der Waals surface area contributed by atoms with Crippen LogP contribution in [0.2, 0.25) is 5.02 Å². The zero-order valence-corrected chi connectivity index (χ0v) is 16.8. The molecule has 1 aliphatic rings. The van der Waals surface area contributed by atoms with Crippen molar-refractivity contribution in [3.63, 3.8) is 0 Å². The third kappa shape index (κ3) is 4.91. The van der Waals surface area contributed by atoms with Crippen molar-refractivity contribution in [3.05, 3.63) is 63.7 Å². The highest BCUT2D eigenvalue weighted by Gasteiger charge is 2.26. The Labute approximate surface area is 169 Å². The molecule has 150 valence electrons. The molecule has 0 spiro atoms. The van der Waals surface area contributed by atoms with Crippen LogP contribution < -0.4 is 4.72 Å². The first kappa shape index (κ1) is 20.8. The first-order chi connectivity index (χ1) is 13.3. The molecular formula is C20H22ClNO5S. The molecule has 1 atom stereocenters. The Morgan fingerprint density at radius 1 is 1.21 bits per heavy atom. The van der Waals surface area contributed by atoms with E-state index in [1.807, 2.05) is 12.1 Å². The molecule has 3 rings (SSSR count). The molecule has 0 aliphatic heterocycles. The number of benzene rings is 2. The van der Waals surface area contributed by atoms with Crippen LogP contribution in [0.5, 0.6) is 0 Å². The van der Waals surface area contributed by atoms with Gasteiger partial charge in [0.05, 0.1) is 11.5 Å². The summed E-state index contributed by atoms with van der Waals surface area (Å²) in [6.45, 7) is -0.144. The summed E-state index contributed by atoms with van der Waals surface area (Å²) >= 11 is 5.83. The number of carbonyl (C=O) groups is 1. The molecule has 1 aliphatic carbocycles. The van der Waals surface area contributed by atoms with Crippen LogP contribution in [-0.4, -0.2) is 30.6 Å². The number of aryl methyl sites for hydroxylation is 1. The van der Waals surface area contributed by atoms with Gasteiger partial charge in [-0.3, -0.25) is 4.79 Å². The fourth-order valence-electron chi connectivity index (χ4n) is 3.62. The van der Waals surface area contributed by atoms with Crippen molar-refractivity contribution < 1.29 is 23.4 Å². The minimum atomic E-state index is -3.66. The van der Waals surface area contributed by atoms with Crippen molar-refractivity contribution in [3.8, 4) is 0 Å². The third-order valence-electron chi connectivity index (χ3n) is 4.94. The number of hydrogen-bond acceptors (Lipinski definition) is 4. The smallest absolute Gasteiger partial charge is 0.303 e. The Bertz CT molecular complexity index is 973. The highest BCUT2D eigenvalue weighted by Crippen LogP contribution is 2.28. The molecule has 1 unspecified atom stereocenters. The molecule has 0 saturated carbocycles. The lowest BCUT2D eigenvalue weighted by Gasteiger charge is -2.28. The van der Waals surface area contributed by atoms with E-state index in [0.717, 1.165) is 16.7 Å². The lowest BCUT2D eigenvalue weighted by molar-refractivity contribution is -0.136. The second-order valence-corrected chi connectivity index (χ2v) is 9.11. The van der Waals surface area contributed by atoms with Crippen LogP contribution in [0, 0.1) is 0 Å². The predicted octanol–water partition coefficient (Wildman–Crippen LogP) is 2.69. The van der Waals surface area contributed by atoms with Gasteiger partial charge in [0.1, 0.15) is 0 Å². The van der Waals surface area contributed by atoms with Gasteiger partial charge < -0.3 is 10.2 Å². The summed E-state index contributed by atoms with van der Waals surface area (Å²) in [5.74, 6) is -0.868. The summed E-state index contributed by atoms with van der Waals surface area (Å²) in [5, 5.41) is 19.0. The monoisotopic (exact) mass is 423 g/mol. The number of nitrogens with one attached hydrogen (secondary N) is 1. The normalized spacial score (nSPS) is 16.6. The van der Waals surface area contributed by atoms with Crippen LogP contribution in [0.4, 0.5) is 0 Å². The topological polar surface area (TPSA) is 104 Å². The van der Waals surface area contributed by atoms with E-state index in [1.54, 1.807) is 0 Å². The van der Waals surface area contributed by atoms with Crippen molar-refractivity contribution in [1.82, 2.24) is 4.72 Å². The van der Waals surface area contributed by atoms with Crippen LogP contribution in [0.25, 0.3) is 0 Å². The number of aliphatic carboxylic acids is 1. The largest absolute Gasteiger partial charge is 0.481 e. The van der Waals surface area contributed by atoms with Gasteiger partial charge in [-0.05, 0) is 72.2 Å². The molecule has 3 N–H and O–H groups in total. The number of sulfonamides is 1. The van der Waals surface area contributed by atoms with E-state index in [9.17, 15) is 18.3 Å². The Morgan fingerprint density at radius 2 is 1.93 bits per heavy atom. The molecule has 0 amide bonds. The predicted molar refractivity (Wildman–Crippen MR) is 106 cm³/mol. The van der Waals surface area contributed by atoms with E-state index in [-0.39, 0.29) is 24.0 Å². The number of fused-ring (bicyclic) bond motifs is 1. The maximum Gasteiger partial charge on any atom is 0.303 e. The molecule has 0 heterocycles.